The van der Waals surface area contributed by atoms with Gasteiger partial charge in [-0.15, -0.1) is 0 Å². The first-order valence-electron chi connectivity index (χ1n) is 12.7. The smallest absolute Gasteiger partial charge is 0.262 e. The molecule has 0 radical (unpaired) electrons. The Balaban J connectivity index is 1.71. The van der Waals surface area contributed by atoms with E-state index in [-0.39, 0.29) is 46.4 Å². The van der Waals surface area contributed by atoms with Crippen molar-refractivity contribution in [3.05, 3.63) is 90.0 Å². The van der Waals surface area contributed by atoms with E-state index in [2.05, 4.69) is 21.8 Å². The highest BCUT2D eigenvalue weighted by molar-refractivity contribution is 7.92. The van der Waals surface area contributed by atoms with Crippen molar-refractivity contribution in [2.45, 2.75) is 37.4 Å². The number of aliphatic hydroxyl groups is 1. The van der Waals surface area contributed by atoms with Gasteiger partial charge in [0.2, 0.25) is 0 Å². The predicted octanol–water partition coefficient (Wildman–Crippen LogP) is 3.84. The van der Waals surface area contributed by atoms with Gasteiger partial charge in [0.15, 0.2) is 5.75 Å². The monoisotopic (exact) mass is 537 g/mol. The number of anilines is 1. The highest BCUT2D eigenvalue weighted by Gasteiger charge is 2.35. The number of hydrogen-bond acceptors (Lipinski definition) is 6. The van der Waals surface area contributed by atoms with Gasteiger partial charge in [0.1, 0.15) is 6.10 Å². The molecule has 1 heterocycles. The van der Waals surface area contributed by atoms with E-state index in [0.29, 0.717) is 19.6 Å². The third-order valence-electron chi connectivity index (χ3n) is 6.78. The van der Waals surface area contributed by atoms with Crippen LogP contribution in [0.15, 0.2) is 83.8 Å². The van der Waals surface area contributed by atoms with Gasteiger partial charge in [0.25, 0.3) is 15.9 Å². The number of carbonyl (C=O) groups excluding carboxylic acids is 1. The lowest BCUT2D eigenvalue weighted by Crippen LogP contribution is -2.49. The van der Waals surface area contributed by atoms with Crippen molar-refractivity contribution in [1.29, 1.82) is 0 Å². The summed E-state index contributed by atoms with van der Waals surface area (Å²) >= 11 is 0. The zero-order valence-corrected chi connectivity index (χ0v) is 22.8. The lowest BCUT2D eigenvalue weighted by Gasteiger charge is -2.38. The van der Waals surface area contributed by atoms with Crippen molar-refractivity contribution in [3.8, 4) is 5.75 Å². The van der Waals surface area contributed by atoms with E-state index in [9.17, 15) is 18.3 Å². The van der Waals surface area contributed by atoms with E-state index < -0.39 is 16.1 Å². The van der Waals surface area contributed by atoms with Crippen molar-refractivity contribution in [2.24, 2.45) is 5.92 Å². The summed E-state index contributed by atoms with van der Waals surface area (Å²) in [6.07, 6.45) is -0.355. The van der Waals surface area contributed by atoms with Crippen molar-refractivity contribution in [1.82, 2.24) is 9.80 Å². The first kappa shape index (κ1) is 27.6. The lowest BCUT2D eigenvalue weighted by molar-refractivity contribution is 0.0344. The van der Waals surface area contributed by atoms with Crippen molar-refractivity contribution in [3.63, 3.8) is 0 Å². The van der Waals surface area contributed by atoms with E-state index in [1.165, 1.54) is 12.1 Å². The number of para-hydroxylation sites is 1. The molecule has 3 aromatic rings. The third kappa shape index (κ3) is 6.35. The highest BCUT2D eigenvalue weighted by atomic mass is 32.2. The Labute approximate surface area is 224 Å². The molecule has 0 saturated carbocycles. The van der Waals surface area contributed by atoms with Gasteiger partial charge < -0.3 is 14.7 Å². The molecule has 0 fully saturated rings. The number of ether oxygens (including phenoxy) is 1. The molecule has 0 bridgehead atoms. The average molecular weight is 538 g/mol. The van der Waals surface area contributed by atoms with Crippen molar-refractivity contribution in [2.75, 3.05) is 31.5 Å². The molecule has 202 valence electrons. The van der Waals surface area contributed by atoms with Crippen LogP contribution in [0.4, 0.5) is 5.69 Å². The lowest BCUT2D eigenvalue weighted by atomic mass is 9.99. The molecule has 2 N–H and O–H groups in total. The third-order valence-corrected chi connectivity index (χ3v) is 8.16. The van der Waals surface area contributed by atoms with Gasteiger partial charge in [0, 0.05) is 25.6 Å². The molecule has 0 spiro atoms. The number of hydrogen-bond donors (Lipinski definition) is 2. The summed E-state index contributed by atoms with van der Waals surface area (Å²) in [6, 6.07) is 22.6. The molecule has 3 aromatic carbocycles. The Morgan fingerprint density at radius 3 is 2.37 bits per heavy atom. The van der Waals surface area contributed by atoms with Gasteiger partial charge in [-0.05, 0) is 43.8 Å². The molecule has 9 heteroatoms. The molecular weight excluding hydrogens is 502 g/mol. The van der Waals surface area contributed by atoms with Crippen LogP contribution in [0, 0.1) is 5.92 Å². The predicted molar refractivity (Wildman–Crippen MR) is 148 cm³/mol. The molecule has 38 heavy (non-hydrogen) atoms. The van der Waals surface area contributed by atoms with Crippen molar-refractivity contribution >= 4 is 21.6 Å². The second-order valence-electron chi connectivity index (χ2n) is 9.91. The second kappa shape index (κ2) is 12.0. The van der Waals surface area contributed by atoms with Crippen LogP contribution in [-0.4, -0.2) is 68.1 Å². The van der Waals surface area contributed by atoms with E-state index in [4.69, 9.17) is 4.74 Å². The average Bonchev–Trinajstić information content (AvgIpc) is 2.91. The quantitative estimate of drug-likeness (QED) is 0.430. The molecule has 8 nitrogen and oxygen atoms in total. The summed E-state index contributed by atoms with van der Waals surface area (Å²) in [5, 5.41) is 9.89. The van der Waals surface area contributed by atoms with Crippen LogP contribution in [-0.2, 0) is 16.6 Å². The van der Waals surface area contributed by atoms with Crippen LogP contribution < -0.4 is 9.46 Å². The van der Waals surface area contributed by atoms with E-state index in [0.717, 1.165) is 5.56 Å². The number of nitrogens with zero attached hydrogens (tertiary/aromatic N) is 2. The molecule has 0 aromatic heterocycles. The fraction of sp³-hybridized carbons (Fsp3) is 0.345. The molecule has 0 unspecified atom stereocenters. The van der Waals surface area contributed by atoms with Gasteiger partial charge in [-0.2, -0.15) is 0 Å². The van der Waals surface area contributed by atoms with Crippen LogP contribution in [0.1, 0.15) is 29.8 Å². The highest BCUT2D eigenvalue weighted by Crippen LogP contribution is 2.36. The number of rotatable bonds is 9. The first-order valence-corrected chi connectivity index (χ1v) is 14.2. The number of nitrogens with one attached hydrogen (secondary N) is 1. The molecular formula is C29H35N3O5S. The Hall–Kier alpha value is -3.40. The van der Waals surface area contributed by atoms with Gasteiger partial charge in [0.05, 0.1) is 28.8 Å². The topological polar surface area (TPSA) is 99.2 Å². The Kier molecular flexibility index (Phi) is 8.71. The summed E-state index contributed by atoms with van der Waals surface area (Å²) in [5.41, 5.74) is 1.61. The van der Waals surface area contributed by atoms with Crippen LogP contribution in [0.2, 0.25) is 0 Å². The molecule has 3 atom stereocenters. The Morgan fingerprint density at radius 1 is 1.05 bits per heavy atom. The van der Waals surface area contributed by atoms with Gasteiger partial charge in [-0.3, -0.25) is 14.4 Å². The number of benzene rings is 3. The molecule has 4 rings (SSSR count). The Morgan fingerprint density at radius 2 is 1.71 bits per heavy atom. The number of aliphatic hydroxyl groups excluding tert-OH is 1. The van der Waals surface area contributed by atoms with Gasteiger partial charge >= 0.3 is 0 Å². The van der Waals surface area contributed by atoms with E-state index in [1.807, 2.05) is 32.2 Å². The zero-order chi connectivity index (χ0) is 27.3. The normalized spacial score (nSPS) is 18.8. The second-order valence-corrected chi connectivity index (χ2v) is 11.6. The van der Waals surface area contributed by atoms with Crippen LogP contribution >= 0.6 is 0 Å². The maximum Gasteiger partial charge on any atom is 0.262 e. The SMILES string of the molecule is C[C@H](CO)N1C[C@H](C)[C@H](CN(C)Cc2ccccc2)Oc2c(NS(=O)(=O)c3ccccc3)cccc2C1=O. The molecule has 1 aliphatic rings. The minimum absolute atomic E-state index is 0.0990. The fourth-order valence-corrected chi connectivity index (χ4v) is 5.70. The summed E-state index contributed by atoms with van der Waals surface area (Å²) in [5.74, 6) is -0.222. The standard InChI is InChI=1S/C29H35N3O5S/c1-21-17-32(22(2)20-33)29(34)25-15-10-16-26(30-38(35,36)24-13-8-5-9-14-24)28(25)37-27(21)19-31(3)18-23-11-6-4-7-12-23/h4-16,21-22,27,30,33H,17-20H2,1-3H3/t21-,22+,27-/m0/s1. The number of likely N-dealkylation sites (N-methyl/N-ethyl adjacent to an activating group) is 1. The molecule has 1 amide bonds. The van der Waals surface area contributed by atoms with Crippen LogP contribution in [0.3, 0.4) is 0 Å². The number of sulfonamides is 1. The number of fused-ring (bicyclic) bond motifs is 1. The maximum absolute atomic E-state index is 13.6. The number of carbonyl (C=O) groups is 1. The Bertz CT molecular complexity index is 1330. The number of amides is 1. The maximum atomic E-state index is 13.6. The van der Waals surface area contributed by atoms with Gasteiger partial charge in [-0.25, -0.2) is 8.42 Å². The van der Waals surface area contributed by atoms with Crippen molar-refractivity contribution < 1.29 is 23.1 Å². The van der Waals surface area contributed by atoms with E-state index in [1.54, 1.807) is 48.2 Å². The fourth-order valence-electron chi connectivity index (χ4n) is 4.61. The first-order chi connectivity index (χ1) is 18.2. The molecule has 0 aliphatic carbocycles. The van der Waals surface area contributed by atoms with Crippen LogP contribution in [0.25, 0.3) is 0 Å². The molecule has 0 saturated heterocycles. The summed E-state index contributed by atoms with van der Waals surface area (Å²) in [4.78, 5) is 17.5. The van der Waals surface area contributed by atoms with E-state index >= 15 is 0 Å². The van der Waals surface area contributed by atoms with Gasteiger partial charge in [-0.1, -0.05) is 61.5 Å². The minimum Gasteiger partial charge on any atom is -0.486 e. The largest absolute Gasteiger partial charge is 0.486 e. The zero-order valence-electron chi connectivity index (χ0n) is 21.9. The summed E-state index contributed by atoms with van der Waals surface area (Å²) in [7, 11) is -1.91. The molecule has 1 aliphatic heterocycles. The van der Waals surface area contributed by atoms with Crippen LogP contribution in [0.5, 0.6) is 5.75 Å². The summed E-state index contributed by atoms with van der Waals surface area (Å²) < 4.78 is 35.5. The minimum atomic E-state index is -3.92. The summed E-state index contributed by atoms with van der Waals surface area (Å²) in [6.45, 7) is 5.26.